The standard InChI is InChI=1S/C13H7F2N3O2/c14-9-4-11(6-12(5-9)18(19)20)17-10-1-2-13(15)8(3-10)7-16/h1-6,17H. The largest absolute Gasteiger partial charge is 0.355 e. The van der Waals surface area contributed by atoms with Gasteiger partial charge in [-0.05, 0) is 24.3 Å². The van der Waals surface area contributed by atoms with Crippen LogP contribution in [0.25, 0.3) is 0 Å². The Labute approximate surface area is 112 Å². The van der Waals surface area contributed by atoms with Crippen molar-refractivity contribution in [3.63, 3.8) is 0 Å². The zero-order valence-electron chi connectivity index (χ0n) is 9.93. The summed E-state index contributed by atoms with van der Waals surface area (Å²) in [6, 6.07) is 8.30. The van der Waals surface area contributed by atoms with E-state index in [2.05, 4.69) is 5.32 Å². The Hall–Kier alpha value is -3.01. The first-order chi connectivity index (χ1) is 9.49. The third-order valence-corrected chi connectivity index (χ3v) is 2.47. The summed E-state index contributed by atoms with van der Waals surface area (Å²) in [5.74, 6) is -1.45. The Morgan fingerprint density at radius 1 is 1.15 bits per heavy atom. The van der Waals surface area contributed by atoms with Crippen LogP contribution >= 0.6 is 0 Å². The Kier molecular flexibility index (Phi) is 3.57. The molecule has 0 aliphatic heterocycles. The number of nitro benzene ring substituents is 1. The maximum atomic E-state index is 13.2. The SMILES string of the molecule is N#Cc1cc(Nc2cc(F)cc([N+](=O)[O-])c2)ccc1F. The average molecular weight is 275 g/mol. The smallest absolute Gasteiger partial charge is 0.274 e. The summed E-state index contributed by atoms with van der Waals surface area (Å²) in [6.45, 7) is 0. The van der Waals surface area contributed by atoms with Crippen LogP contribution in [0.4, 0.5) is 25.8 Å². The van der Waals surface area contributed by atoms with Crippen molar-refractivity contribution in [3.8, 4) is 6.07 Å². The number of non-ortho nitro benzene ring substituents is 1. The van der Waals surface area contributed by atoms with E-state index in [9.17, 15) is 18.9 Å². The van der Waals surface area contributed by atoms with Crippen LogP contribution in [0.5, 0.6) is 0 Å². The van der Waals surface area contributed by atoms with Crippen LogP contribution in [0.15, 0.2) is 36.4 Å². The van der Waals surface area contributed by atoms with Crippen LogP contribution in [-0.4, -0.2) is 4.92 Å². The second-order valence-corrected chi connectivity index (χ2v) is 3.89. The van der Waals surface area contributed by atoms with E-state index < -0.39 is 22.2 Å². The number of benzene rings is 2. The molecule has 0 aromatic heterocycles. The maximum absolute atomic E-state index is 13.2. The van der Waals surface area contributed by atoms with Gasteiger partial charge in [-0.2, -0.15) is 5.26 Å². The monoisotopic (exact) mass is 275 g/mol. The van der Waals surface area contributed by atoms with Crippen LogP contribution in [0.2, 0.25) is 0 Å². The van der Waals surface area contributed by atoms with Gasteiger partial charge in [0.2, 0.25) is 0 Å². The highest BCUT2D eigenvalue weighted by atomic mass is 19.1. The highest BCUT2D eigenvalue weighted by molar-refractivity contribution is 5.63. The van der Waals surface area contributed by atoms with Gasteiger partial charge >= 0.3 is 0 Å². The predicted octanol–water partition coefficient (Wildman–Crippen LogP) is 3.49. The number of rotatable bonds is 3. The van der Waals surface area contributed by atoms with Gasteiger partial charge in [0.05, 0.1) is 16.6 Å². The molecule has 0 radical (unpaired) electrons. The Bertz CT molecular complexity index is 726. The molecule has 0 saturated heterocycles. The second-order valence-electron chi connectivity index (χ2n) is 3.89. The van der Waals surface area contributed by atoms with E-state index in [1.54, 1.807) is 6.07 Å². The fourth-order valence-electron chi connectivity index (χ4n) is 1.61. The third-order valence-electron chi connectivity index (χ3n) is 2.47. The second kappa shape index (κ2) is 5.32. The lowest BCUT2D eigenvalue weighted by atomic mass is 10.2. The summed E-state index contributed by atoms with van der Waals surface area (Å²) in [4.78, 5) is 9.90. The molecule has 7 heteroatoms. The molecule has 2 aromatic carbocycles. The van der Waals surface area contributed by atoms with Gasteiger partial charge < -0.3 is 5.32 Å². The molecule has 0 amide bonds. The molecule has 0 bridgehead atoms. The van der Waals surface area contributed by atoms with E-state index in [1.807, 2.05) is 0 Å². The van der Waals surface area contributed by atoms with Gasteiger partial charge in [-0.25, -0.2) is 8.78 Å². The van der Waals surface area contributed by atoms with Gasteiger partial charge in [-0.3, -0.25) is 10.1 Å². The van der Waals surface area contributed by atoms with Crippen molar-refractivity contribution in [2.75, 3.05) is 5.32 Å². The summed E-state index contributed by atoms with van der Waals surface area (Å²) >= 11 is 0. The van der Waals surface area contributed by atoms with E-state index in [0.717, 1.165) is 24.3 Å². The summed E-state index contributed by atoms with van der Waals surface area (Å²) in [5.41, 5.74) is -0.133. The lowest BCUT2D eigenvalue weighted by Gasteiger charge is -2.07. The number of hydrogen-bond donors (Lipinski definition) is 1. The van der Waals surface area contributed by atoms with Crippen LogP contribution < -0.4 is 5.32 Å². The molecular formula is C13H7F2N3O2. The summed E-state index contributed by atoms with van der Waals surface area (Å²) in [7, 11) is 0. The molecule has 5 nitrogen and oxygen atoms in total. The molecule has 0 atom stereocenters. The molecular weight excluding hydrogens is 268 g/mol. The van der Waals surface area contributed by atoms with Crippen molar-refractivity contribution < 1.29 is 13.7 Å². The predicted molar refractivity (Wildman–Crippen MR) is 67.5 cm³/mol. The fourth-order valence-corrected chi connectivity index (χ4v) is 1.61. The van der Waals surface area contributed by atoms with Crippen molar-refractivity contribution in [1.82, 2.24) is 0 Å². The van der Waals surface area contributed by atoms with E-state index in [1.165, 1.54) is 12.1 Å². The Morgan fingerprint density at radius 3 is 2.55 bits per heavy atom. The topological polar surface area (TPSA) is 79.0 Å². The van der Waals surface area contributed by atoms with Gasteiger partial charge in [0.25, 0.3) is 5.69 Å². The molecule has 0 saturated carbocycles. The average Bonchev–Trinajstić information content (AvgIpc) is 2.40. The molecule has 0 fully saturated rings. The molecule has 2 rings (SSSR count). The molecule has 0 aliphatic carbocycles. The number of nitro groups is 1. The molecule has 1 N–H and O–H groups in total. The van der Waals surface area contributed by atoms with Gasteiger partial charge in [-0.1, -0.05) is 0 Å². The first kappa shape index (κ1) is 13.4. The van der Waals surface area contributed by atoms with Gasteiger partial charge in [0.15, 0.2) is 0 Å². The van der Waals surface area contributed by atoms with Gasteiger partial charge in [0, 0.05) is 17.4 Å². The number of nitrogens with one attached hydrogen (secondary N) is 1. The minimum Gasteiger partial charge on any atom is -0.355 e. The maximum Gasteiger partial charge on any atom is 0.274 e. The number of anilines is 2. The van der Waals surface area contributed by atoms with E-state index in [-0.39, 0.29) is 11.3 Å². The van der Waals surface area contributed by atoms with Crippen molar-refractivity contribution in [1.29, 1.82) is 5.26 Å². The molecule has 100 valence electrons. The normalized spacial score (nSPS) is 9.85. The lowest BCUT2D eigenvalue weighted by Crippen LogP contribution is -1.96. The van der Waals surface area contributed by atoms with E-state index in [0.29, 0.717) is 5.69 Å². The van der Waals surface area contributed by atoms with Crippen molar-refractivity contribution in [2.24, 2.45) is 0 Å². The molecule has 0 heterocycles. The minimum absolute atomic E-state index is 0.132. The van der Waals surface area contributed by atoms with E-state index >= 15 is 0 Å². The van der Waals surface area contributed by atoms with Crippen LogP contribution in [0.1, 0.15) is 5.56 Å². The van der Waals surface area contributed by atoms with Crippen molar-refractivity contribution >= 4 is 17.1 Å². The fraction of sp³-hybridized carbons (Fsp3) is 0. The number of nitrogens with zero attached hydrogens (tertiary/aromatic N) is 2. The molecule has 20 heavy (non-hydrogen) atoms. The highest BCUT2D eigenvalue weighted by Gasteiger charge is 2.10. The van der Waals surface area contributed by atoms with Gasteiger partial charge in [0.1, 0.15) is 17.7 Å². The number of nitriles is 1. The zero-order valence-corrected chi connectivity index (χ0v) is 9.93. The number of halogens is 2. The van der Waals surface area contributed by atoms with Crippen molar-refractivity contribution in [2.45, 2.75) is 0 Å². The first-order valence-electron chi connectivity index (χ1n) is 5.41. The third kappa shape index (κ3) is 2.87. The van der Waals surface area contributed by atoms with E-state index in [4.69, 9.17) is 5.26 Å². The molecule has 0 aliphatic rings. The minimum atomic E-state index is -0.774. The number of hydrogen-bond acceptors (Lipinski definition) is 4. The van der Waals surface area contributed by atoms with Crippen LogP contribution in [-0.2, 0) is 0 Å². The lowest BCUT2D eigenvalue weighted by molar-refractivity contribution is -0.385. The van der Waals surface area contributed by atoms with Crippen LogP contribution in [0.3, 0.4) is 0 Å². The van der Waals surface area contributed by atoms with Crippen molar-refractivity contribution in [3.05, 3.63) is 63.7 Å². The summed E-state index contributed by atoms with van der Waals surface area (Å²) < 4.78 is 26.4. The zero-order chi connectivity index (χ0) is 14.7. The van der Waals surface area contributed by atoms with Gasteiger partial charge in [-0.15, -0.1) is 0 Å². The van der Waals surface area contributed by atoms with Crippen LogP contribution in [0, 0.1) is 33.1 Å². The quantitative estimate of drug-likeness (QED) is 0.687. The molecule has 2 aromatic rings. The molecule has 0 spiro atoms. The Morgan fingerprint density at radius 2 is 1.90 bits per heavy atom. The highest BCUT2D eigenvalue weighted by Crippen LogP contribution is 2.24. The Balaban J connectivity index is 2.35. The summed E-state index contributed by atoms with van der Waals surface area (Å²) in [5, 5.41) is 22.0. The molecule has 0 unspecified atom stereocenters. The summed E-state index contributed by atoms with van der Waals surface area (Å²) in [6.07, 6.45) is 0. The first-order valence-corrected chi connectivity index (χ1v) is 5.41.